The standard InChI is InChI=1S/C16H16FIO2/c1-9-4-6-13(16(20-3)10(9)2)15(19)12-7-5-11(17)8-14(12)18/h4-8,15,19H,1-3H3. The number of halogens is 2. The van der Waals surface area contributed by atoms with E-state index in [0.717, 1.165) is 11.1 Å². The number of hydrogen-bond acceptors (Lipinski definition) is 2. The third kappa shape index (κ3) is 2.81. The second-order valence-electron chi connectivity index (χ2n) is 4.70. The van der Waals surface area contributed by atoms with Gasteiger partial charge in [-0.05, 0) is 65.3 Å². The predicted molar refractivity (Wildman–Crippen MR) is 85.6 cm³/mol. The Labute approximate surface area is 131 Å². The molecule has 0 bridgehead atoms. The topological polar surface area (TPSA) is 29.5 Å². The van der Waals surface area contributed by atoms with E-state index in [1.165, 1.54) is 12.1 Å². The van der Waals surface area contributed by atoms with E-state index in [9.17, 15) is 9.50 Å². The lowest BCUT2D eigenvalue weighted by Crippen LogP contribution is -2.06. The first-order valence-electron chi connectivity index (χ1n) is 6.22. The molecule has 1 N–H and O–H groups in total. The molecule has 2 nitrogen and oxygen atoms in total. The van der Waals surface area contributed by atoms with E-state index in [1.54, 1.807) is 13.2 Å². The highest BCUT2D eigenvalue weighted by Gasteiger charge is 2.20. The summed E-state index contributed by atoms with van der Waals surface area (Å²) in [5.74, 6) is 0.370. The number of aryl methyl sites for hydroxylation is 1. The summed E-state index contributed by atoms with van der Waals surface area (Å²) in [6, 6.07) is 8.18. The van der Waals surface area contributed by atoms with E-state index in [4.69, 9.17) is 4.74 Å². The van der Waals surface area contributed by atoms with Gasteiger partial charge in [0.2, 0.25) is 0 Å². The van der Waals surface area contributed by atoms with Crippen molar-refractivity contribution in [2.24, 2.45) is 0 Å². The molecular weight excluding hydrogens is 370 g/mol. The largest absolute Gasteiger partial charge is 0.496 e. The smallest absolute Gasteiger partial charge is 0.128 e. The minimum atomic E-state index is -0.836. The lowest BCUT2D eigenvalue weighted by Gasteiger charge is -2.19. The SMILES string of the molecule is COc1c(C(O)c2ccc(F)cc2I)ccc(C)c1C. The monoisotopic (exact) mass is 386 g/mol. The maximum absolute atomic E-state index is 13.2. The summed E-state index contributed by atoms with van der Waals surface area (Å²) in [6.45, 7) is 3.95. The molecule has 0 aliphatic heterocycles. The molecule has 0 amide bonds. The predicted octanol–water partition coefficient (Wildman–Crippen LogP) is 4.14. The van der Waals surface area contributed by atoms with Gasteiger partial charge in [0.05, 0.1) is 7.11 Å². The first-order chi connectivity index (χ1) is 9.45. The summed E-state index contributed by atoms with van der Waals surface area (Å²) >= 11 is 2.03. The van der Waals surface area contributed by atoms with Gasteiger partial charge in [0.15, 0.2) is 0 Å². The third-order valence-electron chi connectivity index (χ3n) is 3.46. The summed E-state index contributed by atoms with van der Waals surface area (Å²) in [7, 11) is 1.59. The molecule has 0 saturated heterocycles. The van der Waals surface area contributed by atoms with Crippen LogP contribution in [0.25, 0.3) is 0 Å². The van der Waals surface area contributed by atoms with E-state index >= 15 is 0 Å². The van der Waals surface area contributed by atoms with Gasteiger partial charge in [-0.2, -0.15) is 0 Å². The Morgan fingerprint density at radius 2 is 1.80 bits per heavy atom. The first kappa shape index (κ1) is 15.3. The van der Waals surface area contributed by atoms with E-state index in [1.807, 2.05) is 48.6 Å². The van der Waals surface area contributed by atoms with Gasteiger partial charge in [-0.1, -0.05) is 18.2 Å². The maximum Gasteiger partial charge on any atom is 0.128 e. The molecule has 0 heterocycles. The number of hydrogen-bond donors (Lipinski definition) is 1. The normalized spacial score (nSPS) is 12.3. The summed E-state index contributed by atoms with van der Waals surface area (Å²) in [4.78, 5) is 0. The number of rotatable bonds is 3. The van der Waals surface area contributed by atoms with Crippen LogP contribution < -0.4 is 4.74 Å². The van der Waals surface area contributed by atoms with Crippen LogP contribution in [0.2, 0.25) is 0 Å². The third-order valence-corrected chi connectivity index (χ3v) is 4.40. The molecule has 1 unspecified atom stereocenters. The highest BCUT2D eigenvalue weighted by Crippen LogP contribution is 2.35. The Hall–Kier alpha value is -1.14. The van der Waals surface area contributed by atoms with Gasteiger partial charge in [0, 0.05) is 9.13 Å². The highest BCUT2D eigenvalue weighted by molar-refractivity contribution is 14.1. The van der Waals surface area contributed by atoms with Gasteiger partial charge in [0.1, 0.15) is 17.7 Å². The van der Waals surface area contributed by atoms with Gasteiger partial charge in [-0.15, -0.1) is 0 Å². The van der Waals surface area contributed by atoms with Crippen molar-refractivity contribution in [2.45, 2.75) is 20.0 Å². The second-order valence-corrected chi connectivity index (χ2v) is 5.86. The van der Waals surface area contributed by atoms with E-state index in [-0.39, 0.29) is 5.82 Å². The molecule has 0 aliphatic rings. The fraction of sp³-hybridized carbons (Fsp3) is 0.250. The lowest BCUT2D eigenvalue weighted by atomic mass is 9.96. The maximum atomic E-state index is 13.2. The Morgan fingerprint density at radius 1 is 1.15 bits per heavy atom. The van der Waals surface area contributed by atoms with Crippen LogP contribution in [0.4, 0.5) is 4.39 Å². The fourth-order valence-corrected chi connectivity index (χ4v) is 2.96. The Kier molecular flexibility index (Phi) is 4.65. The summed E-state index contributed by atoms with van der Waals surface area (Å²) in [5, 5.41) is 10.6. The van der Waals surface area contributed by atoms with Crippen molar-refractivity contribution in [1.29, 1.82) is 0 Å². The Morgan fingerprint density at radius 3 is 2.40 bits per heavy atom. The molecule has 20 heavy (non-hydrogen) atoms. The molecule has 0 radical (unpaired) electrons. The average Bonchev–Trinajstić information content (AvgIpc) is 2.41. The molecule has 0 aliphatic carbocycles. The molecule has 106 valence electrons. The lowest BCUT2D eigenvalue weighted by molar-refractivity contribution is 0.213. The minimum Gasteiger partial charge on any atom is -0.496 e. The number of ether oxygens (including phenoxy) is 1. The van der Waals surface area contributed by atoms with Crippen molar-refractivity contribution in [2.75, 3.05) is 7.11 Å². The molecule has 0 aromatic heterocycles. The van der Waals surface area contributed by atoms with Crippen LogP contribution in [0.5, 0.6) is 5.75 Å². The Bertz CT molecular complexity index is 641. The van der Waals surface area contributed by atoms with Crippen LogP contribution in [-0.4, -0.2) is 12.2 Å². The average molecular weight is 386 g/mol. The fourth-order valence-electron chi connectivity index (χ4n) is 2.19. The molecule has 4 heteroatoms. The Balaban J connectivity index is 2.53. The molecular formula is C16H16FIO2. The minimum absolute atomic E-state index is 0.308. The second kappa shape index (κ2) is 6.10. The van der Waals surface area contributed by atoms with Crippen molar-refractivity contribution in [3.63, 3.8) is 0 Å². The molecule has 0 spiro atoms. The number of methoxy groups -OCH3 is 1. The van der Waals surface area contributed by atoms with E-state index < -0.39 is 6.10 Å². The highest BCUT2D eigenvalue weighted by atomic mass is 127. The molecule has 0 fully saturated rings. The molecule has 2 aromatic rings. The number of aliphatic hydroxyl groups excluding tert-OH is 1. The van der Waals surface area contributed by atoms with Crippen molar-refractivity contribution < 1.29 is 14.2 Å². The van der Waals surface area contributed by atoms with Crippen LogP contribution in [-0.2, 0) is 0 Å². The first-order valence-corrected chi connectivity index (χ1v) is 7.30. The zero-order valence-corrected chi connectivity index (χ0v) is 13.7. The van der Waals surface area contributed by atoms with Gasteiger partial charge in [-0.25, -0.2) is 4.39 Å². The van der Waals surface area contributed by atoms with Crippen LogP contribution in [0.1, 0.15) is 28.4 Å². The molecule has 1 atom stereocenters. The molecule has 0 saturated carbocycles. The summed E-state index contributed by atoms with van der Waals surface area (Å²) in [6.07, 6.45) is -0.836. The van der Waals surface area contributed by atoms with Crippen molar-refractivity contribution in [3.05, 3.63) is 62.0 Å². The van der Waals surface area contributed by atoms with Gasteiger partial charge >= 0.3 is 0 Å². The van der Waals surface area contributed by atoms with Crippen LogP contribution in [0, 0.1) is 23.2 Å². The van der Waals surface area contributed by atoms with Crippen LogP contribution in [0.3, 0.4) is 0 Å². The number of benzene rings is 2. The van der Waals surface area contributed by atoms with Crippen LogP contribution in [0.15, 0.2) is 30.3 Å². The van der Waals surface area contributed by atoms with Crippen molar-refractivity contribution in [3.8, 4) is 5.75 Å². The summed E-state index contributed by atoms with van der Waals surface area (Å²) in [5.41, 5.74) is 3.47. The van der Waals surface area contributed by atoms with Crippen LogP contribution >= 0.6 is 22.6 Å². The van der Waals surface area contributed by atoms with Gasteiger partial charge in [0.25, 0.3) is 0 Å². The summed E-state index contributed by atoms with van der Waals surface area (Å²) < 4.78 is 19.3. The molecule has 2 rings (SSSR count). The van der Waals surface area contributed by atoms with Gasteiger partial charge in [-0.3, -0.25) is 0 Å². The molecule has 2 aromatic carbocycles. The van der Waals surface area contributed by atoms with Crippen molar-refractivity contribution >= 4 is 22.6 Å². The van der Waals surface area contributed by atoms with E-state index in [2.05, 4.69) is 0 Å². The van der Waals surface area contributed by atoms with Gasteiger partial charge < -0.3 is 9.84 Å². The zero-order valence-electron chi connectivity index (χ0n) is 11.6. The van der Waals surface area contributed by atoms with Crippen molar-refractivity contribution in [1.82, 2.24) is 0 Å². The number of aliphatic hydroxyl groups is 1. The zero-order chi connectivity index (χ0) is 14.9. The quantitative estimate of drug-likeness (QED) is 0.804. The van der Waals surface area contributed by atoms with E-state index in [0.29, 0.717) is 20.4 Å².